The van der Waals surface area contributed by atoms with Gasteiger partial charge in [0, 0.05) is 51.1 Å². The molecule has 3 N–H and O–H groups in total. The van der Waals surface area contributed by atoms with Gasteiger partial charge in [0.2, 0.25) is 0 Å². The third-order valence-electron chi connectivity index (χ3n) is 10.2. The summed E-state index contributed by atoms with van der Waals surface area (Å²) < 4.78 is 20.2. The lowest BCUT2D eigenvalue weighted by Gasteiger charge is -2.40. The highest BCUT2D eigenvalue weighted by atomic mass is 16.7. The topological polar surface area (TPSA) is 135 Å². The molecule has 0 bridgehead atoms. The van der Waals surface area contributed by atoms with Crippen molar-refractivity contribution < 1.29 is 28.9 Å². The molecule has 276 valence electrons. The summed E-state index contributed by atoms with van der Waals surface area (Å²) in [5.41, 5.74) is 7.51. The van der Waals surface area contributed by atoms with Crippen LogP contribution in [0, 0.1) is 0 Å². The minimum atomic E-state index is -0.859. The van der Waals surface area contributed by atoms with Crippen LogP contribution in [0.15, 0.2) is 102 Å². The summed E-state index contributed by atoms with van der Waals surface area (Å²) in [6.07, 6.45) is 0.738. The van der Waals surface area contributed by atoms with E-state index in [1.165, 1.54) is 6.92 Å². The third kappa shape index (κ3) is 8.60. The molecule has 2 aliphatic rings. The first-order valence-electron chi connectivity index (χ1n) is 18.3. The van der Waals surface area contributed by atoms with Gasteiger partial charge in [-0.05, 0) is 65.8 Å². The normalized spacial score (nSPS) is 20.2. The van der Waals surface area contributed by atoms with Crippen molar-refractivity contribution in [2.45, 2.75) is 76.9 Å². The molecule has 0 spiro atoms. The number of imidazole rings is 1. The number of esters is 1. The number of fused-ring (bicyclic) bond motifs is 1. The molecular formula is C42H46N4O7. The monoisotopic (exact) mass is 718 g/mol. The van der Waals surface area contributed by atoms with Crippen LogP contribution in [-0.2, 0) is 37.0 Å². The number of nitrogens with one attached hydrogen (secondary N) is 2. The van der Waals surface area contributed by atoms with Crippen molar-refractivity contribution in [3.05, 3.63) is 130 Å². The van der Waals surface area contributed by atoms with Crippen LogP contribution in [0.4, 0.5) is 0 Å². The number of aliphatic hydroxyl groups excluding tert-OH is 1. The van der Waals surface area contributed by atoms with Gasteiger partial charge in [0.05, 0.1) is 29.8 Å². The number of aromatic nitrogens is 2. The molecule has 0 saturated carbocycles. The Kier molecular flexibility index (Phi) is 11.2. The number of carbonyl (C=O) groups is 2. The van der Waals surface area contributed by atoms with Crippen LogP contribution in [0.25, 0.3) is 22.2 Å². The third-order valence-corrected chi connectivity index (χ3v) is 10.2. The maximum Gasteiger partial charge on any atom is 0.326 e. The zero-order valence-electron chi connectivity index (χ0n) is 30.1. The molecule has 1 amide bonds. The fourth-order valence-electron chi connectivity index (χ4n) is 7.45. The molecule has 7 rings (SSSR count). The SMILES string of the molecule is CC(=O)O[C@@H](C)C(=O)NCc1cccc(-c2ccc([C@H]3O[C@@H](CN4CCC(n5c(=O)[nH]c6ccccc65)CC4)C[C@@H](c4ccc(CO)cc4)O3)cc2)c1. The first kappa shape index (κ1) is 36.3. The minimum Gasteiger partial charge on any atom is -0.453 e. The number of amides is 1. The maximum absolute atomic E-state index is 12.9. The number of aliphatic hydroxyl groups is 1. The van der Waals surface area contributed by atoms with E-state index >= 15 is 0 Å². The number of hydrogen-bond donors (Lipinski definition) is 3. The van der Waals surface area contributed by atoms with Crippen molar-refractivity contribution in [1.29, 1.82) is 0 Å². The number of rotatable bonds is 11. The van der Waals surface area contributed by atoms with Gasteiger partial charge in [-0.15, -0.1) is 0 Å². The van der Waals surface area contributed by atoms with Crippen LogP contribution < -0.4 is 11.0 Å². The molecule has 4 atom stereocenters. The number of hydrogen-bond acceptors (Lipinski definition) is 8. The van der Waals surface area contributed by atoms with E-state index in [2.05, 4.69) is 27.3 Å². The Morgan fingerprint density at radius 3 is 2.38 bits per heavy atom. The summed E-state index contributed by atoms with van der Waals surface area (Å²) in [6.45, 7) is 5.59. The van der Waals surface area contributed by atoms with Gasteiger partial charge >= 0.3 is 11.7 Å². The van der Waals surface area contributed by atoms with Crippen molar-refractivity contribution in [3.63, 3.8) is 0 Å². The van der Waals surface area contributed by atoms with Crippen molar-refractivity contribution in [2.24, 2.45) is 0 Å². The highest BCUT2D eigenvalue weighted by Gasteiger charge is 2.34. The average Bonchev–Trinajstić information content (AvgIpc) is 3.52. The summed E-state index contributed by atoms with van der Waals surface area (Å²) in [4.78, 5) is 41.8. The lowest BCUT2D eigenvalue weighted by atomic mass is 9.98. The summed E-state index contributed by atoms with van der Waals surface area (Å²) >= 11 is 0. The molecule has 4 aromatic carbocycles. The molecule has 0 aliphatic carbocycles. The van der Waals surface area contributed by atoms with Gasteiger partial charge in [-0.25, -0.2) is 4.79 Å². The highest BCUT2D eigenvalue weighted by molar-refractivity contribution is 5.83. The molecule has 53 heavy (non-hydrogen) atoms. The number of piperidine rings is 1. The van der Waals surface area contributed by atoms with Crippen LogP contribution in [0.3, 0.4) is 0 Å². The van der Waals surface area contributed by atoms with Crippen LogP contribution in [0.1, 0.15) is 73.8 Å². The number of nitrogens with zero attached hydrogens (tertiary/aromatic N) is 2. The Morgan fingerprint density at radius 1 is 0.906 bits per heavy atom. The van der Waals surface area contributed by atoms with Gasteiger partial charge in [-0.3, -0.25) is 14.2 Å². The Balaban J connectivity index is 1.03. The summed E-state index contributed by atoms with van der Waals surface area (Å²) in [5.74, 6) is -0.849. The molecule has 0 unspecified atom stereocenters. The zero-order chi connectivity index (χ0) is 36.9. The molecule has 5 aromatic rings. The van der Waals surface area contributed by atoms with Gasteiger partial charge in [0.1, 0.15) is 0 Å². The Morgan fingerprint density at radius 2 is 1.64 bits per heavy atom. The molecule has 11 heteroatoms. The van der Waals surface area contributed by atoms with E-state index in [9.17, 15) is 19.5 Å². The Bertz CT molecular complexity index is 2080. The van der Waals surface area contributed by atoms with Crippen molar-refractivity contribution in [3.8, 4) is 11.1 Å². The van der Waals surface area contributed by atoms with Crippen molar-refractivity contribution in [2.75, 3.05) is 19.6 Å². The van der Waals surface area contributed by atoms with E-state index in [1.807, 2.05) is 89.5 Å². The van der Waals surface area contributed by atoms with E-state index in [1.54, 1.807) is 6.92 Å². The van der Waals surface area contributed by atoms with Crippen LogP contribution in [0.2, 0.25) is 0 Å². The van der Waals surface area contributed by atoms with Gasteiger partial charge in [0.25, 0.3) is 5.91 Å². The highest BCUT2D eigenvalue weighted by Crippen LogP contribution is 2.39. The van der Waals surface area contributed by atoms with E-state index in [0.717, 1.165) is 76.9 Å². The average molecular weight is 719 g/mol. The number of para-hydroxylation sites is 2. The molecule has 2 fully saturated rings. The lowest BCUT2D eigenvalue weighted by Crippen LogP contribution is -2.43. The first-order valence-corrected chi connectivity index (χ1v) is 18.3. The number of aromatic amines is 1. The number of ether oxygens (including phenoxy) is 3. The summed E-state index contributed by atoms with van der Waals surface area (Å²) in [5, 5.41) is 12.4. The molecule has 3 heterocycles. The number of carbonyl (C=O) groups excluding carboxylic acids is 2. The predicted molar refractivity (Wildman–Crippen MR) is 201 cm³/mol. The second kappa shape index (κ2) is 16.3. The van der Waals surface area contributed by atoms with E-state index in [4.69, 9.17) is 14.2 Å². The fourth-order valence-corrected chi connectivity index (χ4v) is 7.45. The van der Waals surface area contributed by atoms with Crippen LogP contribution in [-0.4, -0.2) is 63.3 Å². The van der Waals surface area contributed by atoms with Crippen LogP contribution >= 0.6 is 0 Å². The molecular weight excluding hydrogens is 672 g/mol. The molecule has 1 aromatic heterocycles. The number of benzene rings is 4. The van der Waals surface area contributed by atoms with Crippen LogP contribution in [0.5, 0.6) is 0 Å². The second-order valence-electron chi connectivity index (χ2n) is 14.0. The van der Waals surface area contributed by atoms with Gasteiger partial charge in [-0.1, -0.05) is 78.9 Å². The van der Waals surface area contributed by atoms with Gasteiger partial charge in [0.15, 0.2) is 12.4 Å². The Labute approximate surface area is 308 Å². The van der Waals surface area contributed by atoms with Gasteiger partial charge < -0.3 is 34.5 Å². The lowest BCUT2D eigenvalue weighted by molar-refractivity contribution is -0.253. The molecule has 2 saturated heterocycles. The van der Waals surface area contributed by atoms with Gasteiger partial charge in [-0.2, -0.15) is 0 Å². The minimum absolute atomic E-state index is 0.0139. The van der Waals surface area contributed by atoms with E-state index < -0.39 is 18.4 Å². The standard InChI is InChI=1S/C42H46N4O7/c1-27(51-28(2)48)40(49)43-24-30-6-5-7-34(22-30)31-14-16-33(17-15-31)41-52-36(23-39(53-41)32-12-10-29(26-47)11-13-32)25-45-20-18-35(19-21-45)46-38-9-4-3-8-37(38)44-42(46)50/h3-17,22,27,35-36,39,41,47H,18-21,23-26H2,1-2H3,(H,43,49)(H,44,50)/t27-,36+,39-,41-/m0/s1. The predicted octanol–water partition coefficient (Wildman–Crippen LogP) is 5.94. The van der Waals surface area contributed by atoms with E-state index in [0.29, 0.717) is 13.0 Å². The molecule has 2 aliphatic heterocycles. The second-order valence-corrected chi connectivity index (χ2v) is 14.0. The smallest absolute Gasteiger partial charge is 0.326 e. The molecule has 11 nitrogen and oxygen atoms in total. The summed E-state index contributed by atoms with van der Waals surface area (Å²) in [7, 11) is 0. The number of H-pyrrole nitrogens is 1. The quantitative estimate of drug-likeness (QED) is 0.143. The summed E-state index contributed by atoms with van der Waals surface area (Å²) in [6, 6.07) is 32.0. The molecule has 0 radical (unpaired) electrons. The Hall–Kier alpha value is -5.07. The largest absolute Gasteiger partial charge is 0.453 e. The van der Waals surface area contributed by atoms with Crippen molar-refractivity contribution >= 4 is 22.9 Å². The number of likely N-dealkylation sites (tertiary alicyclic amines) is 1. The first-order chi connectivity index (χ1) is 25.7. The fraction of sp³-hybridized carbons (Fsp3) is 0.357. The maximum atomic E-state index is 12.9. The van der Waals surface area contributed by atoms with E-state index in [-0.39, 0.29) is 36.5 Å². The van der Waals surface area contributed by atoms with Crippen molar-refractivity contribution in [1.82, 2.24) is 19.8 Å². The zero-order valence-corrected chi connectivity index (χ0v) is 30.1.